The Hall–Kier alpha value is -3.87. The number of hydrogen-bond donors (Lipinski definition) is 1. The zero-order chi connectivity index (χ0) is 25.8. The number of hydrogen-bond acceptors (Lipinski definition) is 4. The molecule has 0 radical (unpaired) electrons. The van der Waals surface area contributed by atoms with Crippen molar-refractivity contribution in [2.75, 3.05) is 20.3 Å². The Morgan fingerprint density at radius 2 is 1.58 bits per heavy atom. The molecule has 0 aliphatic rings. The molecule has 0 fully saturated rings. The molecule has 36 heavy (non-hydrogen) atoms. The van der Waals surface area contributed by atoms with Gasteiger partial charge in [-0.15, -0.1) is 0 Å². The van der Waals surface area contributed by atoms with E-state index in [0.29, 0.717) is 31.7 Å². The number of nitrogens with zero attached hydrogens (tertiary/aromatic N) is 1. The van der Waals surface area contributed by atoms with Crippen LogP contribution in [0.2, 0.25) is 0 Å². The smallest absolute Gasteiger partial charge is 0.243 e. The number of benzene rings is 3. The van der Waals surface area contributed by atoms with E-state index in [2.05, 4.69) is 5.32 Å². The molecule has 0 aliphatic heterocycles. The number of likely N-dealkylation sites (N-methyl/N-ethyl adjacent to an activating group) is 1. The van der Waals surface area contributed by atoms with Gasteiger partial charge in [-0.2, -0.15) is 0 Å². The number of methoxy groups -OCH3 is 1. The molecule has 3 rings (SSSR count). The maximum Gasteiger partial charge on any atom is 0.243 e. The van der Waals surface area contributed by atoms with Crippen molar-refractivity contribution in [3.8, 4) is 11.5 Å². The Labute approximate surface area is 212 Å². The van der Waals surface area contributed by atoms with Crippen molar-refractivity contribution in [3.63, 3.8) is 0 Å². The lowest BCUT2D eigenvalue weighted by atomic mass is 10.0. The summed E-state index contributed by atoms with van der Waals surface area (Å²) in [5, 5.41) is 2.87. The van der Waals surface area contributed by atoms with Gasteiger partial charge >= 0.3 is 0 Å². The normalized spacial score (nSPS) is 11.4. The Bertz CT molecular complexity index is 1090. The zero-order valence-corrected chi connectivity index (χ0v) is 20.8. The number of ether oxygens (including phenoxy) is 2. The topological polar surface area (TPSA) is 67.9 Å². The van der Waals surface area contributed by atoms with Crippen LogP contribution in [0.4, 0.5) is 4.39 Å². The van der Waals surface area contributed by atoms with Crippen LogP contribution < -0.4 is 14.8 Å². The van der Waals surface area contributed by atoms with Gasteiger partial charge in [-0.1, -0.05) is 42.5 Å². The van der Waals surface area contributed by atoms with Gasteiger partial charge in [-0.3, -0.25) is 9.59 Å². The number of carbonyl (C=O) groups is 2. The highest BCUT2D eigenvalue weighted by atomic mass is 19.1. The average Bonchev–Trinajstić information content (AvgIpc) is 2.90. The first-order valence-corrected chi connectivity index (χ1v) is 12.1. The highest BCUT2D eigenvalue weighted by molar-refractivity contribution is 5.88. The molecular formula is C29H33FN2O4. The van der Waals surface area contributed by atoms with Gasteiger partial charge in [0.2, 0.25) is 11.8 Å². The van der Waals surface area contributed by atoms with Gasteiger partial charge in [0.1, 0.15) is 23.4 Å². The molecule has 3 aromatic carbocycles. The van der Waals surface area contributed by atoms with Crippen LogP contribution in [0.3, 0.4) is 0 Å². The molecule has 0 unspecified atom stereocenters. The first kappa shape index (κ1) is 26.7. The summed E-state index contributed by atoms with van der Waals surface area (Å²) in [6.07, 6.45) is 1.07. The van der Waals surface area contributed by atoms with Crippen LogP contribution >= 0.6 is 0 Å². The van der Waals surface area contributed by atoms with Crippen LogP contribution in [0, 0.1) is 5.82 Å². The largest absolute Gasteiger partial charge is 0.497 e. The number of rotatable bonds is 13. The highest BCUT2D eigenvalue weighted by Gasteiger charge is 2.29. The fourth-order valence-electron chi connectivity index (χ4n) is 3.86. The summed E-state index contributed by atoms with van der Waals surface area (Å²) in [5.74, 6) is 0.701. The second kappa shape index (κ2) is 13.9. The van der Waals surface area contributed by atoms with E-state index < -0.39 is 6.04 Å². The average molecular weight is 493 g/mol. The van der Waals surface area contributed by atoms with Gasteiger partial charge in [0.15, 0.2) is 0 Å². The Kier molecular flexibility index (Phi) is 10.3. The fraction of sp³-hybridized carbons (Fsp3) is 0.310. The van der Waals surface area contributed by atoms with Crippen LogP contribution in [0.5, 0.6) is 11.5 Å². The van der Waals surface area contributed by atoms with Crippen molar-refractivity contribution in [1.82, 2.24) is 10.2 Å². The lowest BCUT2D eigenvalue weighted by Crippen LogP contribution is -2.50. The van der Waals surface area contributed by atoms with Gasteiger partial charge < -0.3 is 19.7 Å². The van der Waals surface area contributed by atoms with Crippen LogP contribution in [0.1, 0.15) is 30.9 Å². The number of nitrogens with one attached hydrogen (secondary N) is 1. The molecule has 2 amide bonds. The molecule has 1 atom stereocenters. The van der Waals surface area contributed by atoms with E-state index in [0.717, 1.165) is 16.9 Å². The Balaban J connectivity index is 1.73. The van der Waals surface area contributed by atoms with Gasteiger partial charge in [0.25, 0.3) is 0 Å². The van der Waals surface area contributed by atoms with Crippen molar-refractivity contribution in [2.24, 2.45) is 0 Å². The summed E-state index contributed by atoms with van der Waals surface area (Å²) in [5.41, 5.74) is 1.70. The third kappa shape index (κ3) is 8.12. The third-order valence-corrected chi connectivity index (χ3v) is 5.75. The maximum absolute atomic E-state index is 13.5. The molecule has 0 heterocycles. The van der Waals surface area contributed by atoms with Crippen LogP contribution in [-0.2, 0) is 22.6 Å². The predicted molar refractivity (Wildman–Crippen MR) is 137 cm³/mol. The van der Waals surface area contributed by atoms with Gasteiger partial charge in [0, 0.05) is 25.9 Å². The second-order valence-electron chi connectivity index (χ2n) is 8.38. The maximum atomic E-state index is 13.5. The summed E-state index contributed by atoms with van der Waals surface area (Å²) in [6, 6.07) is 22.2. The van der Waals surface area contributed by atoms with Crippen molar-refractivity contribution in [1.29, 1.82) is 0 Å². The third-order valence-electron chi connectivity index (χ3n) is 5.75. The number of carbonyl (C=O) groups excluding carboxylic acids is 2. The van der Waals surface area contributed by atoms with Crippen LogP contribution in [0.25, 0.3) is 0 Å². The van der Waals surface area contributed by atoms with E-state index in [1.165, 1.54) is 12.1 Å². The first-order chi connectivity index (χ1) is 17.5. The second-order valence-corrected chi connectivity index (χ2v) is 8.38. The molecular weight excluding hydrogens is 459 g/mol. The molecule has 0 aliphatic carbocycles. The lowest BCUT2D eigenvalue weighted by Gasteiger charge is -2.31. The van der Waals surface area contributed by atoms with E-state index in [-0.39, 0.29) is 30.6 Å². The number of amides is 2. The minimum absolute atomic E-state index is 0.162. The van der Waals surface area contributed by atoms with Crippen LogP contribution in [0.15, 0.2) is 78.9 Å². The first-order valence-electron chi connectivity index (χ1n) is 12.1. The minimum Gasteiger partial charge on any atom is -0.497 e. The standard InChI is InChI=1S/C29H33FN2O4/c1-3-31-29(34)27(20-22-8-5-4-6-9-22)32(21-23-11-13-24(30)14-12-23)28(33)10-7-19-36-26-17-15-25(35-2)16-18-26/h4-6,8-9,11-18,27H,3,7,10,19-21H2,1-2H3,(H,31,34)/t27-/m1/s1. The molecule has 6 nitrogen and oxygen atoms in total. The summed E-state index contributed by atoms with van der Waals surface area (Å²) >= 11 is 0. The highest BCUT2D eigenvalue weighted by Crippen LogP contribution is 2.19. The molecule has 0 bridgehead atoms. The predicted octanol–water partition coefficient (Wildman–Crippen LogP) is 4.77. The number of halogens is 1. The molecule has 0 aromatic heterocycles. The van der Waals surface area contributed by atoms with Crippen molar-refractivity contribution < 1.29 is 23.5 Å². The fourth-order valence-corrected chi connectivity index (χ4v) is 3.86. The van der Waals surface area contributed by atoms with Gasteiger partial charge in [-0.25, -0.2) is 4.39 Å². The monoisotopic (exact) mass is 492 g/mol. The molecule has 190 valence electrons. The van der Waals surface area contributed by atoms with Gasteiger partial charge in [-0.05, 0) is 60.9 Å². The molecule has 0 saturated carbocycles. The lowest BCUT2D eigenvalue weighted by molar-refractivity contribution is -0.141. The van der Waals surface area contributed by atoms with E-state index >= 15 is 0 Å². The summed E-state index contributed by atoms with van der Waals surface area (Å²) in [7, 11) is 1.60. The van der Waals surface area contributed by atoms with E-state index in [1.807, 2.05) is 61.5 Å². The quantitative estimate of drug-likeness (QED) is 0.349. The van der Waals surface area contributed by atoms with Crippen molar-refractivity contribution in [2.45, 2.75) is 38.8 Å². The molecule has 3 aromatic rings. The zero-order valence-electron chi connectivity index (χ0n) is 20.8. The summed E-state index contributed by atoms with van der Waals surface area (Å²) < 4.78 is 24.4. The van der Waals surface area contributed by atoms with Crippen LogP contribution in [-0.4, -0.2) is 43.0 Å². The van der Waals surface area contributed by atoms with E-state index in [9.17, 15) is 14.0 Å². The van der Waals surface area contributed by atoms with Crippen molar-refractivity contribution in [3.05, 3.63) is 95.8 Å². The van der Waals surface area contributed by atoms with Gasteiger partial charge in [0.05, 0.1) is 13.7 Å². The summed E-state index contributed by atoms with van der Waals surface area (Å²) in [4.78, 5) is 28.2. The molecule has 1 N–H and O–H groups in total. The van der Waals surface area contributed by atoms with E-state index in [1.54, 1.807) is 24.1 Å². The Morgan fingerprint density at radius 3 is 2.22 bits per heavy atom. The molecule has 7 heteroatoms. The Morgan fingerprint density at radius 1 is 0.917 bits per heavy atom. The van der Waals surface area contributed by atoms with Crippen molar-refractivity contribution >= 4 is 11.8 Å². The minimum atomic E-state index is -0.701. The SMILES string of the molecule is CCNC(=O)[C@@H](Cc1ccccc1)N(Cc1ccc(F)cc1)C(=O)CCCOc1ccc(OC)cc1. The molecule has 0 spiro atoms. The summed E-state index contributed by atoms with van der Waals surface area (Å²) in [6.45, 7) is 2.86. The van der Waals surface area contributed by atoms with E-state index in [4.69, 9.17) is 9.47 Å². The molecule has 0 saturated heterocycles.